The van der Waals surface area contributed by atoms with E-state index in [1.165, 1.54) is 6.92 Å². The van der Waals surface area contributed by atoms with E-state index in [1.807, 2.05) is 30.3 Å². The summed E-state index contributed by atoms with van der Waals surface area (Å²) in [5, 5.41) is 4.67. The first-order chi connectivity index (χ1) is 13.1. The topological polar surface area (TPSA) is 73.9 Å². The van der Waals surface area contributed by atoms with Crippen LogP contribution < -0.4 is 14.8 Å². The first-order valence-electron chi connectivity index (χ1n) is 8.50. The first kappa shape index (κ1) is 16.9. The average Bonchev–Trinajstić information content (AvgIpc) is 3.15. The highest BCUT2D eigenvalue weighted by Gasteiger charge is 2.20. The van der Waals surface area contributed by atoms with Crippen LogP contribution in [0.5, 0.6) is 11.5 Å². The average molecular weight is 363 g/mol. The van der Waals surface area contributed by atoms with E-state index in [0.29, 0.717) is 22.7 Å². The van der Waals surface area contributed by atoms with Crippen LogP contribution in [0.4, 0.5) is 5.69 Å². The van der Waals surface area contributed by atoms with Crippen LogP contribution in [0.2, 0.25) is 0 Å². The van der Waals surface area contributed by atoms with Crippen molar-refractivity contribution in [3.05, 3.63) is 66.2 Å². The normalized spacial score (nSPS) is 13.2. The maximum absolute atomic E-state index is 12.4. The van der Waals surface area contributed by atoms with E-state index in [2.05, 4.69) is 5.32 Å². The maximum Gasteiger partial charge on any atom is 0.338 e. The minimum atomic E-state index is -0.950. The lowest BCUT2D eigenvalue weighted by atomic mass is 10.1. The smallest absolute Gasteiger partial charge is 0.338 e. The molecule has 0 radical (unpaired) electrons. The van der Waals surface area contributed by atoms with Crippen LogP contribution in [-0.2, 0) is 9.53 Å². The summed E-state index contributed by atoms with van der Waals surface area (Å²) >= 11 is 0. The Morgan fingerprint density at radius 2 is 1.74 bits per heavy atom. The van der Waals surface area contributed by atoms with Gasteiger partial charge in [-0.3, -0.25) is 4.79 Å². The zero-order chi connectivity index (χ0) is 18.8. The molecule has 6 heteroatoms. The molecular weight excluding hydrogens is 346 g/mol. The van der Waals surface area contributed by atoms with Gasteiger partial charge in [-0.1, -0.05) is 30.3 Å². The van der Waals surface area contributed by atoms with Crippen LogP contribution >= 0.6 is 0 Å². The fourth-order valence-corrected chi connectivity index (χ4v) is 2.82. The van der Waals surface area contributed by atoms with E-state index >= 15 is 0 Å². The van der Waals surface area contributed by atoms with Crippen molar-refractivity contribution in [1.82, 2.24) is 0 Å². The van der Waals surface area contributed by atoms with Crippen molar-refractivity contribution in [2.45, 2.75) is 13.0 Å². The van der Waals surface area contributed by atoms with E-state index in [9.17, 15) is 9.59 Å². The molecule has 0 unspecified atom stereocenters. The number of hydrogen-bond acceptors (Lipinski definition) is 5. The van der Waals surface area contributed by atoms with Crippen molar-refractivity contribution >= 4 is 28.3 Å². The molecule has 3 aromatic carbocycles. The number of hydrogen-bond donors (Lipinski definition) is 1. The van der Waals surface area contributed by atoms with Gasteiger partial charge in [0.1, 0.15) is 0 Å². The fourth-order valence-electron chi connectivity index (χ4n) is 2.82. The van der Waals surface area contributed by atoms with Gasteiger partial charge in [-0.15, -0.1) is 0 Å². The van der Waals surface area contributed by atoms with Crippen LogP contribution in [0, 0.1) is 0 Å². The second kappa shape index (κ2) is 6.99. The summed E-state index contributed by atoms with van der Waals surface area (Å²) in [4.78, 5) is 24.7. The predicted molar refractivity (Wildman–Crippen MR) is 100 cm³/mol. The fraction of sp³-hybridized carbons (Fsp3) is 0.143. The quantitative estimate of drug-likeness (QED) is 0.715. The second-order valence-electron chi connectivity index (χ2n) is 6.17. The van der Waals surface area contributed by atoms with Crippen LogP contribution in [0.15, 0.2) is 60.7 Å². The largest absolute Gasteiger partial charge is 0.454 e. The van der Waals surface area contributed by atoms with Gasteiger partial charge in [0, 0.05) is 11.8 Å². The molecule has 0 saturated heterocycles. The van der Waals surface area contributed by atoms with Gasteiger partial charge in [0.2, 0.25) is 6.79 Å². The molecule has 1 heterocycles. The van der Waals surface area contributed by atoms with Crippen LogP contribution in [0.1, 0.15) is 17.3 Å². The Bertz CT molecular complexity index is 1030. The Balaban J connectivity index is 1.42. The summed E-state index contributed by atoms with van der Waals surface area (Å²) in [6.07, 6.45) is -0.950. The highest BCUT2D eigenvalue weighted by Crippen LogP contribution is 2.34. The van der Waals surface area contributed by atoms with Crippen molar-refractivity contribution in [2.75, 3.05) is 12.1 Å². The lowest BCUT2D eigenvalue weighted by molar-refractivity contribution is -0.123. The monoisotopic (exact) mass is 363 g/mol. The number of carbonyl (C=O) groups excluding carboxylic acids is 2. The Morgan fingerprint density at radius 3 is 2.59 bits per heavy atom. The summed E-state index contributed by atoms with van der Waals surface area (Å²) in [5.41, 5.74) is 0.939. The van der Waals surface area contributed by atoms with Crippen molar-refractivity contribution in [3.8, 4) is 11.5 Å². The third kappa shape index (κ3) is 3.55. The Kier molecular flexibility index (Phi) is 4.38. The number of rotatable bonds is 4. The molecule has 4 rings (SSSR count). The predicted octanol–water partition coefficient (Wildman–Crippen LogP) is 3.75. The highest BCUT2D eigenvalue weighted by molar-refractivity contribution is 5.99. The number of nitrogens with one attached hydrogen (secondary N) is 1. The van der Waals surface area contributed by atoms with Gasteiger partial charge >= 0.3 is 5.97 Å². The molecule has 27 heavy (non-hydrogen) atoms. The molecule has 0 saturated carbocycles. The van der Waals surface area contributed by atoms with E-state index < -0.39 is 18.0 Å². The van der Waals surface area contributed by atoms with Gasteiger partial charge < -0.3 is 19.5 Å². The van der Waals surface area contributed by atoms with E-state index in [0.717, 1.165) is 10.8 Å². The number of carbonyl (C=O) groups is 2. The van der Waals surface area contributed by atoms with Crippen molar-refractivity contribution < 1.29 is 23.8 Å². The molecule has 1 aliphatic heterocycles. The summed E-state index contributed by atoms with van der Waals surface area (Å²) in [7, 11) is 0. The minimum absolute atomic E-state index is 0.159. The molecule has 3 aromatic rings. The van der Waals surface area contributed by atoms with Gasteiger partial charge in [0.25, 0.3) is 5.91 Å². The van der Waals surface area contributed by atoms with Crippen molar-refractivity contribution in [2.24, 2.45) is 0 Å². The van der Waals surface area contributed by atoms with E-state index in [-0.39, 0.29) is 6.79 Å². The molecule has 1 amide bonds. The Labute approximate surface area is 155 Å². The van der Waals surface area contributed by atoms with Crippen LogP contribution in [-0.4, -0.2) is 24.8 Å². The molecule has 0 aliphatic carbocycles. The van der Waals surface area contributed by atoms with Gasteiger partial charge in [0.05, 0.1) is 5.56 Å². The molecule has 6 nitrogen and oxygen atoms in total. The summed E-state index contributed by atoms with van der Waals surface area (Å²) in [5.74, 6) is 0.217. The SMILES string of the molecule is C[C@H](OC(=O)c1ccc2ccccc2c1)C(=O)Nc1ccc2c(c1)OCO2. The molecule has 0 aromatic heterocycles. The highest BCUT2D eigenvalue weighted by atomic mass is 16.7. The molecule has 0 fully saturated rings. The Morgan fingerprint density at radius 1 is 0.963 bits per heavy atom. The lowest BCUT2D eigenvalue weighted by Gasteiger charge is -2.14. The second-order valence-corrected chi connectivity index (χ2v) is 6.17. The number of esters is 1. The number of amides is 1. The van der Waals surface area contributed by atoms with Gasteiger partial charge in [0.15, 0.2) is 17.6 Å². The Hall–Kier alpha value is -3.54. The third-order valence-corrected chi connectivity index (χ3v) is 4.28. The third-order valence-electron chi connectivity index (χ3n) is 4.28. The zero-order valence-electron chi connectivity index (χ0n) is 14.6. The number of ether oxygens (including phenoxy) is 3. The van der Waals surface area contributed by atoms with Gasteiger partial charge in [-0.25, -0.2) is 4.79 Å². The molecule has 1 N–H and O–H groups in total. The van der Waals surface area contributed by atoms with Crippen LogP contribution in [0.25, 0.3) is 10.8 Å². The molecular formula is C21H17NO5. The van der Waals surface area contributed by atoms with E-state index in [1.54, 1.807) is 30.3 Å². The standard InChI is InChI=1S/C21H17NO5/c1-13(20(23)22-17-8-9-18-19(11-17)26-12-25-18)27-21(24)16-7-6-14-4-2-3-5-15(14)10-16/h2-11,13H,12H2,1H3,(H,22,23)/t13-/m0/s1. The van der Waals surface area contributed by atoms with Gasteiger partial charge in [-0.2, -0.15) is 0 Å². The molecule has 1 atom stereocenters. The maximum atomic E-state index is 12.4. The van der Waals surface area contributed by atoms with Gasteiger partial charge in [-0.05, 0) is 42.0 Å². The molecule has 136 valence electrons. The van der Waals surface area contributed by atoms with E-state index in [4.69, 9.17) is 14.2 Å². The molecule has 0 spiro atoms. The summed E-state index contributed by atoms with van der Waals surface area (Å²) < 4.78 is 15.8. The summed E-state index contributed by atoms with van der Waals surface area (Å²) in [6.45, 7) is 1.69. The number of anilines is 1. The first-order valence-corrected chi connectivity index (χ1v) is 8.50. The lowest BCUT2D eigenvalue weighted by Crippen LogP contribution is -2.30. The minimum Gasteiger partial charge on any atom is -0.454 e. The number of fused-ring (bicyclic) bond motifs is 2. The molecule has 0 bridgehead atoms. The zero-order valence-corrected chi connectivity index (χ0v) is 14.6. The van der Waals surface area contributed by atoms with Crippen molar-refractivity contribution in [1.29, 1.82) is 0 Å². The van der Waals surface area contributed by atoms with Crippen molar-refractivity contribution in [3.63, 3.8) is 0 Å². The summed E-state index contributed by atoms with van der Waals surface area (Å²) in [6, 6.07) is 18.1. The van der Waals surface area contributed by atoms with Crippen LogP contribution in [0.3, 0.4) is 0 Å². The molecule has 1 aliphatic rings. The number of benzene rings is 3.